The molecule has 2 aromatic carbocycles. The number of halogens is 3. The summed E-state index contributed by atoms with van der Waals surface area (Å²) >= 11 is 5.81. The van der Waals surface area contributed by atoms with Gasteiger partial charge in [0.05, 0.1) is 17.7 Å². The van der Waals surface area contributed by atoms with Crippen molar-refractivity contribution >= 4 is 34.9 Å². The van der Waals surface area contributed by atoms with Gasteiger partial charge in [-0.05, 0) is 61.2 Å². The van der Waals surface area contributed by atoms with E-state index in [-0.39, 0.29) is 17.0 Å². The molecule has 1 aliphatic heterocycles. The third-order valence-electron chi connectivity index (χ3n) is 5.29. The molecule has 0 spiro atoms. The number of carbonyl (C=O) groups is 2. The minimum Gasteiger partial charge on any atom is -0.480 e. The van der Waals surface area contributed by atoms with Crippen LogP contribution in [-0.2, 0) is 4.79 Å². The van der Waals surface area contributed by atoms with Crippen molar-refractivity contribution in [2.45, 2.75) is 38.7 Å². The van der Waals surface area contributed by atoms with Crippen molar-refractivity contribution < 1.29 is 28.2 Å². The minimum absolute atomic E-state index is 0.0234. The van der Waals surface area contributed by atoms with E-state index in [4.69, 9.17) is 16.3 Å². The van der Waals surface area contributed by atoms with Gasteiger partial charge in [-0.1, -0.05) is 18.5 Å². The van der Waals surface area contributed by atoms with Gasteiger partial charge in [0.15, 0.2) is 6.10 Å². The third kappa shape index (κ3) is 6.32. The fourth-order valence-corrected chi connectivity index (χ4v) is 3.83. The van der Waals surface area contributed by atoms with E-state index in [1.165, 1.54) is 36.4 Å². The van der Waals surface area contributed by atoms with E-state index >= 15 is 0 Å². The molecule has 172 valence electrons. The van der Waals surface area contributed by atoms with Gasteiger partial charge in [0.25, 0.3) is 5.91 Å². The van der Waals surface area contributed by atoms with Gasteiger partial charge in [-0.25, -0.2) is 13.6 Å². The van der Waals surface area contributed by atoms with Crippen LogP contribution in [0.3, 0.4) is 0 Å². The molecular formula is C23H25ClF2N2O4. The molecule has 1 amide bonds. The van der Waals surface area contributed by atoms with Gasteiger partial charge in [-0.3, -0.25) is 4.79 Å². The number of benzene rings is 2. The maximum Gasteiger partial charge on any atom is 0.337 e. The Morgan fingerprint density at radius 1 is 1.25 bits per heavy atom. The largest absolute Gasteiger partial charge is 0.480 e. The third-order valence-corrected chi connectivity index (χ3v) is 5.54. The van der Waals surface area contributed by atoms with Crippen LogP contribution in [-0.4, -0.2) is 42.6 Å². The lowest BCUT2D eigenvalue weighted by atomic mass is 9.99. The molecule has 32 heavy (non-hydrogen) atoms. The van der Waals surface area contributed by atoms with Crippen LogP contribution in [0.4, 0.5) is 20.2 Å². The van der Waals surface area contributed by atoms with Crippen LogP contribution in [0.5, 0.6) is 5.75 Å². The van der Waals surface area contributed by atoms with Gasteiger partial charge in [0.1, 0.15) is 5.75 Å². The van der Waals surface area contributed by atoms with Crippen LogP contribution in [0.1, 0.15) is 36.5 Å². The van der Waals surface area contributed by atoms with E-state index in [2.05, 4.69) is 17.1 Å². The summed E-state index contributed by atoms with van der Waals surface area (Å²) in [4.78, 5) is 26.7. The number of hydrogen-bond donors (Lipinski definition) is 2. The summed E-state index contributed by atoms with van der Waals surface area (Å²) in [6.07, 6.45) is -3.02. The number of anilines is 2. The lowest BCUT2D eigenvalue weighted by molar-refractivity contribution is -0.124. The number of carboxylic acid groups (broad SMARTS) is 1. The van der Waals surface area contributed by atoms with E-state index in [9.17, 15) is 23.5 Å². The summed E-state index contributed by atoms with van der Waals surface area (Å²) in [5.74, 6) is -1.39. The molecule has 1 fully saturated rings. The maximum atomic E-state index is 13.1. The summed E-state index contributed by atoms with van der Waals surface area (Å²) in [5.41, 5.74) is 0.653. The Bertz CT molecular complexity index is 956. The van der Waals surface area contributed by atoms with Crippen molar-refractivity contribution in [2.75, 3.05) is 23.3 Å². The monoisotopic (exact) mass is 466 g/mol. The number of amides is 1. The fraction of sp³-hybridized carbons (Fsp3) is 0.391. The zero-order valence-corrected chi connectivity index (χ0v) is 18.3. The van der Waals surface area contributed by atoms with Gasteiger partial charge in [0.2, 0.25) is 6.43 Å². The zero-order valence-electron chi connectivity index (χ0n) is 17.6. The number of rotatable bonds is 8. The van der Waals surface area contributed by atoms with Crippen LogP contribution in [0.15, 0.2) is 42.5 Å². The van der Waals surface area contributed by atoms with E-state index in [1.807, 2.05) is 0 Å². The normalized spacial score (nSPS) is 17.2. The second-order valence-corrected chi connectivity index (χ2v) is 8.34. The number of alkyl halides is 2. The van der Waals surface area contributed by atoms with Crippen LogP contribution >= 0.6 is 11.6 Å². The summed E-state index contributed by atoms with van der Waals surface area (Å²) in [7, 11) is 0. The molecule has 0 bridgehead atoms. The zero-order chi connectivity index (χ0) is 23.3. The molecule has 0 aromatic heterocycles. The second-order valence-electron chi connectivity index (χ2n) is 7.90. The molecular weight excluding hydrogens is 442 g/mol. The van der Waals surface area contributed by atoms with Gasteiger partial charge in [-0.2, -0.15) is 0 Å². The molecule has 0 aliphatic carbocycles. The average molecular weight is 467 g/mol. The summed E-state index contributed by atoms with van der Waals surface area (Å²) in [6.45, 7) is 3.78. The molecule has 0 unspecified atom stereocenters. The molecule has 0 radical (unpaired) electrons. The van der Waals surface area contributed by atoms with E-state index in [1.54, 1.807) is 6.07 Å². The molecule has 6 nitrogen and oxygen atoms in total. The van der Waals surface area contributed by atoms with E-state index in [0.29, 0.717) is 10.9 Å². The average Bonchev–Trinajstić information content (AvgIpc) is 2.74. The van der Waals surface area contributed by atoms with Crippen molar-refractivity contribution in [3.05, 3.63) is 53.1 Å². The lowest BCUT2D eigenvalue weighted by Gasteiger charge is -2.33. The van der Waals surface area contributed by atoms with E-state index < -0.39 is 30.8 Å². The first-order chi connectivity index (χ1) is 15.2. The molecule has 2 N–H and O–H groups in total. The second kappa shape index (κ2) is 10.6. The topological polar surface area (TPSA) is 78.9 Å². The molecule has 3 rings (SSSR count). The summed E-state index contributed by atoms with van der Waals surface area (Å²) in [5, 5.41) is 12.5. The number of carbonyl (C=O) groups excluding carboxylic acids is 1. The van der Waals surface area contributed by atoms with Crippen LogP contribution < -0.4 is 15.0 Å². The van der Waals surface area contributed by atoms with Crippen molar-refractivity contribution in [3.8, 4) is 5.75 Å². The van der Waals surface area contributed by atoms with Crippen molar-refractivity contribution in [2.24, 2.45) is 5.92 Å². The van der Waals surface area contributed by atoms with Gasteiger partial charge < -0.3 is 20.1 Å². The highest BCUT2D eigenvalue weighted by atomic mass is 35.5. The Morgan fingerprint density at radius 3 is 2.59 bits per heavy atom. The number of piperidine rings is 1. The SMILES string of the molecule is C[C@@H]1CCCN(c2ccc(NC(=O)[C@H](CC(F)F)Oc3ccc(Cl)cc3)c(C(=O)O)c2)C1. The number of hydrogen-bond acceptors (Lipinski definition) is 4. The molecule has 2 atom stereocenters. The first kappa shape index (κ1) is 23.8. The highest BCUT2D eigenvalue weighted by Gasteiger charge is 2.27. The van der Waals surface area contributed by atoms with E-state index in [0.717, 1.165) is 31.6 Å². The highest BCUT2D eigenvalue weighted by Crippen LogP contribution is 2.28. The molecule has 2 aromatic rings. The smallest absolute Gasteiger partial charge is 0.337 e. The molecule has 9 heteroatoms. The number of ether oxygens (including phenoxy) is 1. The van der Waals surface area contributed by atoms with Crippen molar-refractivity contribution in [1.29, 1.82) is 0 Å². The quantitative estimate of drug-likeness (QED) is 0.550. The predicted molar refractivity (Wildman–Crippen MR) is 119 cm³/mol. The minimum atomic E-state index is -2.79. The lowest BCUT2D eigenvalue weighted by Crippen LogP contribution is -2.35. The number of carboxylic acids is 1. The number of aromatic carboxylic acids is 1. The Morgan fingerprint density at radius 2 is 1.97 bits per heavy atom. The van der Waals surface area contributed by atoms with Gasteiger partial charge >= 0.3 is 5.97 Å². The van der Waals surface area contributed by atoms with Crippen molar-refractivity contribution in [3.63, 3.8) is 0 Å². The Hall–Kier alpha value is -2.87. The Labute approximate surface area is 190 Å². The molecule has 1 heterocycles. The van der Waals surface area contributed by atoms with Crippen molar-refractivity contribution in [1.82, 2.24) is 0 Å². The Balaban J connectivity index is 1.79. The summed E-state index contributed by atoms with van der Waals surface area (Å²) in [6, 6.07) is 10.7. The van der Waals surface area contributed by atoms with Crippen LogP contribution in [0, 0.1) is 5.92 Å². The molecule has 1 aliphatic rings. The first-order valence-electron chi connectivity index (χ1n) is 10.4. The van der Waals surface area contributed by atoms with Gasteiger partial charge in [0, 0.05) is 23.8 Å². The predicted octanol–water partition coefficient (Wildman–Crippen LogP) is 5.32. The number of nitrogens with one attached hydrogen (secondary N) is 1. The fourth-order valence-electron chi connectivity index (χ4n) is 3.70. The van der Waals surface area contributed by atoms with Crippen LogP contribution in [0.2, 0.25) is 5.02 Å². The Kier molecular flexibility index (Phi) is 7.90. The highest BCUT2D eigenvalue weighted by molar-refractivity contribution is 6.30. The summed E-state index contributed by atoms with van der Waals surface area (Å²) < 4.78 is 31.6. The standard InChI is InChI=1S/C23H25ClF2N2O4/c1-14-3-2-10-28(13-14)16-6-9-19(18(11-16)23(30)31)27-22(29)20(12-21(25)26)32-17-7-4-15(24)5-8-17/h4-9,11,14,20-21H,2-3,10,12-13H2,1H3,(H,27,29)(H,30,31)/t14-,20+/m1/s1. The first-order valence-corrected chi connectivity index (χ1v) is 10.7. The number of nitrogens with zero attached hydrogens (tertiary/aromatic N) is 1. The maximum absolute atomic E-state index is 13.1. The molecule has 1 saturated heterocycles. The van der Waals surface area contributed by atoms with Gasteiger partial charge in [-0.15, -0.1) is 0 Å². The molecule has 0 saturated carbocycles. The van der Waals surface area contributed by atoms with Crippen LogP contribution in [0.25, 0.3) is 0 Å².